The fourth-order valence-electron chi connectivity index (χ4n) is 2.17. The van der Waals surface area contributed by atoms with Crippen LogP contribution in [0.5, 0.6) is 0 Å². The van der Waals surface area contributed by atoms with Crippen LogP contribution in [0.15, 0.2) is 36.7 Å². The van der Waals surface area contributed by atoms with E-state index in [-0.39, 0.29) is 0 Å². The van der Waals surface area contributed by atoms with E-state index in [1.807, 2.05) is 31.6 Å². The summed E-state index contributed by atoms with van der Waals surface area (Å²) in [5.74, 6) is 0.529. The molecule has 0 bridgehead atoms. The van der Waals surface area contributed by atoms with Gasteiger partial charge in [-0.1, -0.05) is 38.1 Å². The van der Waals surface area contributed by atoms with Crippen molar-refractivity contribution in [1.29, 1.82) is 0 Å². The first-order valence-electron chi connectivity index (χ1n) is 6.81. The summed E-state index contributed by atoms with van der Waals surface area (Å²) < 4.78 is 1.79. The van der Waals surface area contributed by atoms with Crippen LogP contribution in [0.3, 0.4) is 0 Å². The number of benzene rings is 1. The Morgan fingerprint density at radius 3 is 2.32 bits per heavy atom. The van der Waals surface area contributed by atoms with Gasteiger partial charge in [-0.2, -0.15) is 5.10 Å². The van der Waals surface area contributed by atoms with E-state index in [9.17, 15) is 5.11 Å². The minimum Gasteiger partial charge on any atom is -0.388 e. The summed E-state index contributed by atoms with van der Waals surface area (Å²) in [5, 5.41) is 14.3. The Morgan fingerprint density at radius 2 is 1.79 bits per heavy atom. The Bertz CT molecular complexity index is 514. The van der Waals surface area contributed by atoms with Crippen molar-refractivity contribution in [3.05, 3.63) is 53.3 Å². The van der Waals surface area contributed by atoms with Gasteiger partial charge in [-0.05, 0) is 35.4 Å². The second-order valence-corrected chi connectivity index (χ2v) is 5.40. The van der Waals surface area contributed by atoms with Crippen molar-refractivity contribution in [2.45, 2.75) is 38.7 Å². The molecule has 19 heavy (non-hydrogen) atoms. The lowest BCUT2D eigenvalue weighted by Crippen LogP contribution is -2.00. The molecule has 2 rings (SSSR count). The van der Waals surface area contributed by atoms with Gasteiger partial charge < -0.3 is 5.11 Å². The van der Waals surface area contributed by atoms with E-state index < -0.39 is 6.10 Å². The molecule has 3 nitrogen and oxygen atoms in total. The molecular formula is C16H22N2O. The topological polar surface area (TPSA) is 38.1 Å². The lowest BCUT2D eigenvalue weighted by Gasteiger charge is -2.12. The summed E-state index contributed by atoms with van der Waals surface area (Å²) in [6.45, 7) is 4.35. The highest BCUT2D eigenvalue weighted by atomic mass is 16.3. The Kier molecular flexibility index (Phi) is 4.38. The van der Waals surface area contributed by atoms with Gasteiger partial charge in [0.15, 0.2) is 0 Å². The Balaban J connectivity index is 1.94. The van der Waals surface area contributed by atoms with E-state index in [0.717, 1.165) is 18.4 Å². The first-order valence-corrected chi connectivity index (χ1v) is 6.81. The van der Waals surface area contributed by atoms with Crippen LogP contribution in [0.1, 0.15) is 49.0 Å². The van der Waals surface area contributed by atoms with Crippen LogP contribution in [0.2, 0.25) is 0 Å². The number of hydrogen-bond donors (Lipinski definition) is 1. The smallest absolute Gasteiger partial charge is 0.0793 e. The normalized spacial score (nSPS) is 12.9. The molecule has 102 valence electrons. The van der Waals surface area contributed by atoms with E-state index in [0.29, 0.717) is 5.92 Å². The third kappa shape index (κ3) is 3.67. The van der Waals surface area contributed by atoms with E-state index in [1.54, 1.807) is 4.68 Å². The first kappa shape index (κ1) is 13.8. The molecule has 1 aromatic heterocycles. The highest BCUT2D eigenvalue weighted by Crippen LogP contribution is 2.22. The third-order valence-corrected chi connectivity index (χ3v) is 3.45. The summed E-state index contributed by atoms with van der Waals surface area (Å²) in [6.07, 6.45) is 5.03. The van der Waals surface area contributed by atoms with Gasteiger partial charge in [-0.3, -0.25) is 4.68 Å². The molecule has 0 fully saturated rings. The third-order valence-electron chi connectivity index (χ3n) is 3.45. The van der Waals surface area contributed by atoms with Crippen LogP contribution in [0.4, 0.5) is 0 Å². The molecule has 1 unspecified atom stereocenters. The molecule has 1 aromatic carbocycles. The summed E-state index contributed by atoms with van der Waals surface area (Å²) in [5.41, 5.74) is 3.47. The number of aliphatic hydroxyl groups excluding tert-OH is 1. The highest BCUT2D eigenvalue weighted by Gasteiger charge is 2.09. The van der Waals surface area contributed by atoms with Crippen LogP contribution in [-0.2, 0) is 13.5 Å². The Morgan fingerprint density at radius 1 is 1.16 bits per heavy atom. The summed E-state index contributed by atoms with van der Waals surface area (Å²) in [4.78, 5) is 0. The lowest BCUT2D eigenvalue weighted by molar-refractivity contribution is 0.168. The minimum atomic E-state index is -0.401. The van der Waals surface area contributed by atoms with E-state index in [1.165, 1.54) is 11.1 Å². The van der Waals surface area contributed by atoms with Crippen molar-refractivity contribution in [2.75, 3.05) is 0 Å². The van der Waals surface area contributed by atoms with Gasteiger partial charge in [0.1, 0.15) is 0 Å². The van der Waals surface area contributed by atoms with Gasteiger partial charge >= 0.3 is 0 Å². The zero-order valence-electron chi connectivity index (χ0n) is 11.9. The van der Waals surface area contributed by atoms with Crippen molar-refractivity contribution >= 4 is 0 Å². The molecule has 0 saturated carbocycles. The Hall–Kier alpha value is -1.61. The summed E-state index contributed by atoms with van der Waals surface area (Å²) in [7, 11) is 1.91. The average molecular weight is 258 g/mol. The standard InChI is InChI=1S/C16H22N2O/c1-12(2)14-5-7-15(8-6-14)16(19)9-4-13-10-17-18(3)11-13/h5-8,10-12,16,19H,4,9H2,1-3H3. The molecule has 3 heteroatoms. The molecule has 0 aliphatic carbocycles. The summed E-state index contributed by atoms with van der Waals surface area (Å²) >= 11 is 0. The number of aliphatic hydroxyl groups is 1. The number of rotatable bonds is 5. The zero-order valence-corrected chi connectivity index (χ0v) is 11.9. The van der Waals surface area contributed by atoms with Crippen molar-refractivity contribution in [2.24, 2.45) is 7.05 Å². The fourth-order valence-corrected chi connectivity index (χ4v) is 2.17. The van der Waals surface area contributed by atoms with E-state index in [4.69, 9.17) is 0 Å². The van der Waals surface area contributed by atoms with Gasteiger partial charge in [0.25, 0.3) is 0 Å². The molecule has 1 N–H and O–H groups in total. The minimum absolute atomic E-state index is 0.401. The monoisotopic (exact) mass is 258 g/mol. The molecule has 0 spiro atoms. The maximum atomic E-state index is 10.2. The number of aryl methyl sites for hydroxylation is 2. The predicted octanol–water partition coefficient (Wildman–Crippen LogP) is 3.21. The van der Waals surface area contributed by atoms with Crippen molar-refractivity contribution in [1.82, 2.24) is 9.78 Å². The molecule has 0 radical (unpaired) electrons. The molecule has 2 aromatic rings. The number of hydrogen-bond acceptors (Lipinski definition) is 2. The maximum absolute atomic E-state index is 10.2. The molecule has 0 aliphatic rings. The molecule has 0 amide bonds. The van der Waals surface area contributed by atoms with Crippen LogP contribution >= 0.6 is 0 Å². The van der Waals surface area contributed by atoms with Gasteiger partial charge in [0.05, 0.1) is 12.3 Å². The lowest BCUT2D eigenvalue weighted by atomic mass is 9.98. The van der Waals surface area contributed by atoms with Crippen LogP contribution in [0.25, 0.3) is 0 Å². The molecule has 1 atom stereocenters. The molecular weight excluding hydrogens is 236 g/mol. The largest absolute Gasteiger partial charge is 0.388 e. The van der Waals surface area contributed by atoms with Crippen LogP contribution in [0, 0.1) is 0 Å². The zero-order chi connectivity index (χ0) is 13.8. The van der Waals surface area contributed by atoms with Gasteiger partial charge in [0.2, 0.25) is 0 Å². The quantitative estimate of drug-likeness (QED) is 0.894. The van der Waals surface area contributed by atoms with Crippen molar-refractivity contribution in [3.63, 3.8) is 0 Å². The number of nitrogens with zero attached hydrogens (tertiary/aromatic N) is 2. The first-order chi connectivity index (χ1) is 9.06. The SMILES string of the molecule is CC(C)c1ccc(C(O)CCc2cnn(C)c2)cc1. The Labute approximate surface area is 114 Å². The fraction of sp³-hybridized carbons (Fsp3) is 0.438. The van der Waals surface area contributed by atoms with Crippen molar-refractivity contribution in [3.8, 4) is 0 Å². The molecule has 0 aliphatic heterocycles. The average Bonchev–Trinajstić information content (AvgIpc) is 2.82. The maximum Gasteiger partial charge on any atom is 0.0793 e. The van der Waals surface area contributed by atoms with Gasteiger partial charge in [-0.15, -0.1) is 0 Å². The van der Waals surface area contributed by atoms with Crippen LogP contribution < -0.4 is 0 Å². The number of aromatic nitrogens is 2. The van der Waals surface area contributed by atoms with Crippen LogP contribution in [-0.4, -0.2) is 14.9 Å². The predicted molar refractivity (Wildman–Crippen MR) is 77.0 cm³/mol. The molecule has 0 saturated heterocycles. The van der Waals surface area contributed by atoms with E-state index in [2.05, 4.69) is 31.1 Å². The second-order valence-electron chi connectivity index (χ2n) is 5.40. The van der Waals surface area contributed by atoms with Gasteiger partial charge in [0, 0.05) is 13.2 Å². The van der Waals surface area contributed by atoms with Gasteiger partial charge in [-0.25, -0.2) is 0 Å². The molecule has 1 heterocycles. The summed E-state index contributed by atoms with van der Waals surface area (Å²) in [6, 6.07) is 8.27. The highest BCUT2D eigenvalue weighted by molar-refractivity contribution is 5.26. The van der Waals surface area contributed by atoms with Crippen molar-refractivity contribution < 1.29 is 5.11 Å². The van der Waals surface area contributed by atoms with E-state index >= 15 is 0 Å². The second kappa shape index (κ2) is 6.02.